The Bertz CT molecular complexity index is 815. The number of guanidine groups is 1. The van der Waals surface area contributed by atoms with Gasteiger partial charge in [-0.05, 0) is 37.8 Å². The van der Waals surface area contributed by atoms with E-state index in [1.54, 1.807) is 13.3 Å². The molecular weight excluding hydrogens is 507 g/mol. The van der Waals surface area contributed by atoms with E-state index in [2.05, 4.69) is 21.7 Å². The van der Waals surface area contributed by atoms with Crippen LogP contribution in [0.25, 0.3) is 0 Å². The molecular formula is C23H33IN4O3. The first kappa shape index (κ1) is 25.2. The first-order chi connectivity index (χ1) is 14.8. The van der Waals surface area contributed by atoms with Gasteiger partial charge in [0.1, 0.15) is 12.4 Å². The van der Waals surface area contributed by atoms with Gasteiger partial charge in [0.05, 0.1) is 19.8 Å². The molecule has 0 atom stereocenters. The Morgan fingerprint density at radius 3 is 2.65 bits per heavy atom. The molecule has 0 aliphatic heterocycles. The van der Waals surface area contributed by atoms with Crippen LogP contribution in [-0.2, 0) is 17.8 Å². The maximum absolute atomic E-state index is 6.01. The van der Waals surface area contributed by atoms with Crippen LogP contribution < -0.4 is 20.1 Å². The number of nitrogens with zero attached hydrogens (tertiary/aromatic N) is 2. The third kappa shape index (κ3) is 8.90. The van der Waals surface area contributed by atoms with E-state index >= 15 is 0 Å². The van der Waals surface area contributed by atoms with E-state index in [0.717, 1.165) is 41.9 Å². The summed E-state index contributed by atoms with van der Waals surface area (Å²) in [5.74, 6) is 2.99. The third-order valence-electron chi connectivity index (χ3n) is 4.72. The van der Waals surface area contributed by atoms with Crippen LogP contribution in [0.5, 0.6) is 11.6 Å². The Hall–Kier alpha value is -2.07. The van der Waals surface area contributed by atoms with Gasteiger partial charge in [-0.2, -0.15) is 0 Å². The number of hydrogen-bond donors (Lipinski definition) is 2. The summed E-state index contributed by atoms with van der Waals surface area (Å²) >= 11 is 0. The van der Waals surface area contributed by atoms with Crippen LogP contribution in [-0.4, -0.2) is 44.4 Å². The molecule has 31 heavy (non-hydrogen) atoms. The number of methoxy groups -OCH3 is 1. The number of aliphatic imine (C=N–C) groups is 1. The van der Waals surface area contributed by atoms with Gasteiger partial charge in [0.15, 0.2) is 5.96 Å². The standard InChI is InChI=1S/C23H32N4O3.HI/c1-3-24-23(27-16-20-8-6-12-25-22(20)29-14-13-28-2)26-15-19-7-4-5-9-21(19)30-17-18-10-11-18;/h4-9,12,18H,3,10-11,13-17H2,1-2H3,(H2,24,26,27);1H. The summed E-state index contributed by atoms with van der Waals surface area (Å²) in [6.07, 6.45) is 4.28. The first-order valence-corrected chi connectivity index (χ1v) is 10.6. The van der Waals surface area contributed by atoms with Crippen molar-refractivity contribution in [1.29, 1.82) is 0 Å². The van der Waals surface area contributed by atoms with Crippen LogP contribution in [0.2, 0.25) is 0 Å². The highest BCUT2D eigenvalue weighted by Gasteiger charge is 2.22. The molecule has 1 aliphatic rings. The van der Waals surface area contributed by atoms with Crippen molar-refractivity contribution in [3.63, 3.8) is 0 Å². The minimum Gasteiger partial charge on any atom is -0.493 e. The van der Waals surface area contributed by atoms with Gasteiger partial charge in [0, 0.05) is 37.5 Å². The van der Waals surface area contributed by atoms with Crippen molar-refractivity contribution in [1.82, 2.24) is 15.6 Å². The summed E-state index contributed by atoms with van der Waals surface area (Å²) in [5, 5.41) is 6.69. The molecule has 0 radical (unpaired) electrons. The molecule has 3 rings (SSSR count). The number of aromatic nitrogens is 1. The van der Waals surface area contributed by atoms with Crippen molar-refractivity contribution in [2.24, 2.45) is 10.9 Å². The molecule has 1 heterocycles. The molecule has 1 aromatic carbocycles. The molecule has 0 bridgehead atoms. The summed E-state index contributed by atoms with van der Waals surface area (Å²) in [6, 6.07) is 12.0. The van der Waals surface area contributed by atoms with Crippen LogP contribution in [0.15, 0.2) is 47.6 Å². The number of halogens is 1. The fourth-order valence-corrected chi connectivity index (χ4v) is 2.86. The smallest absolute Gasteiger partial charge is 0.218 e. The highest BCUT2D eigenvalue weighted by atomic mass is 127. The quantitative estimate of drug-likeness (QED) is 0.185. The number of hydrogen-bond acceptors (Lipinski definition) is 5. The fourth-order valence-electron chi connectivity index (χ4n) is 2.86. The topological polar surface area (TPSA) is 77.0 Å². The first-order valence-electron chi connectivity index (χ1n) is 10.6. The van der Waals surface area contributed by atoms with E-state index in [0.29, 0.717) is 32.2 Å². The van der Waals surface area contributed by atoms with Gasteiger partial charge in [0.2, 0.25) is 5.88 Å². The van der Waals surface area contributed by atoms with Gasteiger partial charge in [-0.3, -0.25) is 0 Å². The number of pyridine rings is 1. The summed E-state index contributed by atoms with van der Waals surface area (Å²) in [4.78, 5) is 9.02. The van der Waals surface area contributed by atoms with E-state index in [1.807, 2.05) is 37.3 Å². The fraction of sp³-hybridized carbons (Fsp3) is 0.478. The van der Waals surface area contributed by atoms with Crippen molar-refractivity contribution in [3.8, 4) is 11.6 Å². The number of benzene rings is 1. The summed E-state index contributed by atoms with van der Waals surface area (Å²) in [6.45, 7) is 5.70. The van der Waals surface area contributed by atoms with E-state index in [-0.39, 0.29) is 24.0 Å². The molecule has 8 heteroatoms. The minimum absolute atomic E-state index is 0. The molecule has 1 fully saturated rings. The molecule has 0 amide bonds. The van der Waals surface area contributed by atoms with E-state index in [1.165, 1.54) is 12.8 Å². The van der Waals surface area contributed by atoms with Crippen molar-refractivity contribution in [2.45, 2.75) is 32.9 Å². The molecule has 1 saturated carbocycles. The van der Waals surface area contributed by atoms with Gasteiger partial charge >= 0.3 is 0 Å². The number of nitrogens with one attached hydrogen (secondary N) is 2. The second-order valence-electron chi connectivity index (χ2n) is 7.22. The zero-order valence-corrected chi connectivity index (χ0v) is 20.6. The van der Waals surface area contributed by atoms with Crippen molar-refractivity contribution in [2.75, 3.05) is 33.5 Å². The van der Waals surface area contributed by atoms with Crippen LogP contribution >= 0.6 is 24.0 Å². The zero-order valence-electron chi connectivity index (χ0n) is 18.3. The van der Waals surface area contributed by atoms with Crippen molar-refractivity contribution < 1.29 is 14.2 Å². The highest BCUT2D eigenvalue weighted by Crippen LogP contribution is 2.30. The molecule has 2 N–H and O–H groups in total. The van der Waals surface area contributed by atoms with Gasteiger partial charge in [-0.25, -0.2) is 9.98 Å². The van der Waals surface area contributed by atoms with Gasteiger partial charge in [-0.1, -0.05) is 24.3 Å². The zero-order chi connectivity index (χ0) is 21.0. The lowest BCUT2D eigenvalue weighted by Gasteiger charge is -2.15. The van der Waals surface area contributed by atoms with Crippen molar-refractivity contribution >= 4 is 29.9 Å². The van der Waals surface area contributed by atoms with Crippen LogP contribution in [0.4, 0.5) is 0 Å². The van der Waals surface area contributed by atoms with Crippen molar-refractivity contribution in [3.05, 3.63) is 53.7 Å². The SMILES string of the molecule is CCNC(=NCc1cccnc1OCCOC)NCc1ccccc1OCC1CC1.I. The predicted octanol–water partition coefficient (Wildman–Crippen LogP) is 3.77. The Morgan fingerprint density at radius 1 is 1.06 bits per heavy atom. The molecule has 170 valence electrons. The molecule has 0 saturated heterocycles. The summed E-state index contributed by atoms with van der Waals surface area (Å²) in [7, 11) is 1.65. The van der Waals surface area contributed by atoms with Crippen LogP contribution in [0, 0.1) is 5.92 Å². The Morgan fingerprint density at radius 2 is 1.87 bits per heavy atom. The van der Waals surface area contributed by atoms with Gasteiger partial charge in [-0.15, -0.1) is 24.0 Å². The summed E-state index contributed by atoms with van der Waals surface area (Å²) < 4.78 is 16.8. The molecule has 1 aliphatic carbocycles. The van der Waals surface area contributed by atoms with E-state index in [4.69, 9.17) is 19.2 Å². The highest BCUT2D eigenvalue weighted by molar-refractivity contribution is 14.0. The molecule has 2 aromatic rings. The van der Waals surface area contributed by atoms with Gasteiger partial charge < -0.3 is 24.8 Å². The largest absolute Gasteiger partial charge is 0.493 e. The van der Waals surface area contributed by atoms with E-state index in [9.17, 15) is 0 Å². The minimum atomic E-state index is 0. The lowest BCUT2D eigenvalue weighted by atomic mass is 10.2. The summed E-state index contributed by atoms with van der Waals surface area (Å²) in [5.41, 5.74) is 2.05. The van der Waals surface area contributed by atoms with E-state index < -0.39 is 0 Å². The number of para-hydroxylation sites is 1. The molecule has 0 spiro atoms. The molecule has 1 aromatic heterocycles. The average molecular weight is 540 g/mol. The average Bonchev–Trinajstić information content (AvgIpc) is 3.60. The maximum atomic E-state index is 6.01. The molecule has 0 unspecified atom stereocenters. The predicted molar refractivity (Wildman–Crippen MR) is 133 cm³/mol. The maximum Gasteiger partial charge on any atom is 0.218 e. The lowest BCUT2D eigenvalue weighted by molar-refractivity contribution is 0.143. The monoisotopic (exact) mass is 540 g/mol. The second kappa shape index (κ2) is 14.1. The number of ether oxygens (including phenoxy) is 3. The van der Waals surface area contributed by atoms with Crippen LogP contribution in [0.3, 0.4) is 0 Å². The second-order valence-corrected chi connectivity index (χ2v) is 7.22. The third-order valence-corrected chi connectivity index (χ3v) is 4.72. The molecule has 7 nitrogen and oxygen atoms in total. The Labute approximate surface area is 202 Å². The normalized spacial score (nSPS) is 13.3. The van der Waals surface area contributed by atoms with Gasteiger partial charge in [0.25, 0.3) is 0 Å². The number of rotatable bonds is 12. The Kier molecular flexibility index (Phi) is 11.4. The van der Waals surface area contributed by atoms with Crippen LogP contribution in [0.1, 0.15) is 30.9 Å². The lowest BCUT2D eigenvalue weighted by Crippen LogP contribution is -2.36. The Balaban J connectivity index is 0.00000341.